The van der Waals surface area contributed by atoms with E-state index < -0.39 is 17.5 Å². The topological polar surface area (TPSA) is 69.7 Å². The van der Waals surface area contributed by atoms with E-state index in [-0.39, 0.29) is 25.6 Å². The molecule has 0 bridgehead atoms. The minimum absolute atomic E-state index is 0.103. The van der Waals surface area contributed by atoms with Crippen molar-refractivity contribution in [2.75, 3.05) is 13.2 Å². The van der Waals surface area contributed by atoms with Crippen LogP contribution < -0.4 is 14.8 Å². The van der Waals surface area contributed by atoms with Gasteiger partial charge in [0, 0.05) is 10.9 Å². The first-order chi connectivity index (χ1) is 18.1. The number of nitrogens with one attached hydrogen (secondary N) is 1. The van der Waals surface area contributed by atoms with E-state index in [0.717, 1.165) is 5.56 Å². The Morgan fingerprint density at radius 1 is 0.947 bits per heavy atom. The summed E-state index contributed by atoms with van der Waals surface area (Å²) in [5, 5.41) is 4.43. The zero-order valence-electron chi connectivity index (χ0n) is 21.2. The van der Waals surface area contributed by atoms with Crippen molar-refractivity contribution in [3.63, 3.8) is 0 Å². The van der Waals surface area contributed by atoms with Crippen molar-refractivity contribution in [3.8, 4) is 22.9 Å². The molecule has 0 radical (unpaired) electrons. The first-order valence-corrected chi connectivity index (χ1v) is 12.7. The van der Waals surface area contributed by atoms with E-state index in [2.05, 4.69) is 5.32 Å². The molecule has 0 aliphatic heterocycles. The van der Waals surface area contributed by atoms with Crippen LogP contribution in [0.3, 0.4) is 0 Å². The molecule has 1 amide bonds. The number of aromatic nitrogens is 1. The lowest BCUT2D eigenvalue weighted by atomic mass is 10.0. The van der Waals surface area contributed by atoms with Crippen molar-refractivity contribution < 1.29 is 23.4 Å². The summed E-state index contributed by atoms with van der Waals surface area (Å²) >= 11 is 12.5. The molecule has 0 saturated heterocycles. The number of fused-ring (bicyclic) bond motifs is 1. The summed E-state index contributed by atoms with van der Waals surface area (Å²) in [7, 11) is 0. The molecule has 1 aromatic heterocycles. The number of alkyl carbamates (subject to hydrolysis) is 1. The molecule has 0 atom stereocenters. The fraction of sp³-hybridized carbons (Fsp3) is 0.241. The average Bonchev–Trinajstić information content (AvgIpc) is 2.86. The number of benzene rings is 3. The van der Waals surface area contributed by atoms with E-state index in [1.54, 1.807) is 45.0 Å². The zero-order valence-corrected chi connectivity index (χ0v) is 22.7. The predicted molar refractivity (Wildman–Crippen MR) is 148 cm³/mol. The van der Waals surface area contributed by atoms with Gasteiger partial charge in [-0.15, -0.1) is 0 Å². The molecule has 0 saturated carbocycles. The third-order valence-electron chi connectivity index (χ3n) is 5.31. The summed E-state index contributed by atoms with van der Waals surface area (Å²) in [6.07, 6.45) is -0.555. The number of hydrogen-bond donors (Lipinski definition) is 1. The largest absolute Gasteiger partial charge is 0.489 e. The summed E-state index contributed by atoms with van der Waals surface area (Å²) in [5.41, 5.74) is 1.38. The van der Waals surface area contributed by atoms with Crippen molar-refractivity contribution in [2.45, 2.75) is 33.0 Å². The molecule has 0 fully saturated rings. The van der Waals surface area contributed by atoms with Crippen molar-refractivity contribution in [3.05, 3.63) is 88.2 Å². The van der Waals surface area contributed by atoms with Gasteiger partial charge >= 0.3 is 6.09 Å². The quantitative estimate of drug-likeness (QED) is 0.224. The number of amides is 1. The van der Waals surface area contributed by atoms with Gasteiger partial charge in [-0.1, -0.05) is 59.6 Å². The van der Waals surface area contributed by atoms with Gasteiger partial charge in [0.1, 0.15) is 30.3 Å². The van der Waals surface area contributed by atoms with E-state index in [9.17, 15) is 9.18 Å². The lowest BCUT2D eigenvalue weighted by Gasteiger charge is -2.20. The maximum Gasteiger partial charge on any atom is 0.407 e. The minimum atomic E-state index is -0.619. The number of pyridine rings is 1. The Kier molecular flexibility index (Phi) is 8.59. The third kappa shape index (κ3) is 7.05. The van der Waals surface area contributed by atoms with Crippen LogP contribution in [0.4, 0.5) is 9.18 Å². The molecule has 0 aliphatic rings. The average molecular weight is 557 g/mol. The van der Waals surface area contributed by atoms with E-state index in [4.69, 9.17) is 42.4 Å². The Hall–Kier alpha value is -3.55. The highest BCUT2D eigenvalue weighted by molar-refractivity contribution is 6.42. The molecule has 6 nitrogen and oxygen atoms in total. The number of carbonyl (C=O) groups is 1. The Balaban J connectivity index is 1.71. The van der Waals surface area contributed by atoms with E-state index in [1.165, 1.54) is 12.1 Å². The minimum Gasteiger partial charge on any atom is -0.489 e. The summed E-state index contributed by atoms with van der Waals surface area (Å²) < 4.78 is 31.8. The van der Waals surface area contributed by atoms with Crippen LogP contribution in [0.1, 0.15) is 26.3 Å². The van der Waals surface area contributed by atoms with Crippen LogP contribution in [0.5, 0.6) is 11.6 Å². The number of nitrogens with zero attached hydrogens (tertiary/aromatic N) is 1. The molecular formula is C29H27Cl2FN2O4. The molecule has 1 N–H and O–H groups in total. The van der Waals surface area contributed by atoms with E-state index in [0.29, 0.717) is 37.8 Å². The van der Waals surface area contributed by atoms with Gasteiger partial charge in [-0.2, -0.15) is 0 Å². The van der Waals surface area contributed by atoms with Crippen molar-refractivity contribution >= 4 is 40.1 Å². The second kappa shape index (κ2) is 11.9. The molecule has 0 unspecified atom stereocenters. The molecule has 9 heteroatoms. The van der Waals surface area contributed by atoms with Crippen molar-refractivity contribution in [1.29, 1.82) is 0 Å². The van der Waals surface area contributed by atoms with Crippen molar-refractivity contribution in [2.24, 2.45) is 0 Å². The highest BCUT2D eigenvalue weighted by Crippen LogP contribution is 2.41. The smallest absolute Gasteiger partial charge is 0.407 e. The van der Waals surface area contributed by atoms with E-state index in [1.807, 2.05) is 30.3 Å². The fourth-order valence-corrected chi connectivity index (χ4v) is 3.97. The number of ether oxygens (including phenoxy) is 3. The molecule has 38 heavy (non-hydrogen) atoms. The Morgan fingerprint density at radius 3 is 2.42 bits per heavy atom. The Bertz CT molecular complexity index is 1440. The van der Waals surface area contributed by atoms with Gasteiger partial charge in [0.15, 0.2) is 5.75 Å². The summed E-state index contributed by atoms with van der Waals surface area (Å²) in [6, 6.07) is 19.0. The van der Waals surface area contributed by atoms with Gasteiger partial charge in [0.25, 0.3) is 0 Å². The molecule has 3 aromatic carbocycles. The number of hydrogen-bond acceptors (Lipinski definition) is 5. The van der Waals surface area contributed by atoms with Crippen LogP contribution in [-0.4, -0.2) is 29.8 Å². The van der Waals surface area contributed by atoms with Crippen LogP contribution in [-0.2, 0) is 11.3 Å². The maximum absolute atomic E-state index is 14.3. The van der Waals surface area contributed by atoms with Crippen molar-refractivity contribution in [1.82, 2.24) is 10.3 Å². The van der Waals surface area contributed by atoms with Gasteiger partial charge in [0.05, 0.1) is 22.0 Å². The van der Waals surface area contributed by atoms with Gasteiger partial charge < -0.3 is 19.5 Å². The summed E-state index contributed by atoms with van der Waals surface area (Å²) in [5.74, 6) is 0.184. The lowest BCUT2D eigenvalue weighted by Crippen LogP contribution is -2.34. The normalized spacial score (nSPS) is 11.3. The molecular weight excluding hydrogens is 530 g/mol. The lowest BCUT2D eigenvalue weighted by molar-refractivity contribution is 0.0520. The zero-order chi connectivity index (χ0) is 27.3. The molecule has 4 aromatic rings. The molecule has 1 heterocycles. The predicted octanol–water partition coefficient (Wildman–Crippen LogP) is 7.83. The Labute approximate surface area is 230 Å². The summed E-state index contributed by atoms with van der Waals surface area (Å²) in [4.78, 5) is 16.8. The molecule has 0 aliphatic carbocycles. The highest BCUT2D eigenvalue weighted by Gasteiger charge is 2.20. The second-order valence-corrected chi connectivity index (χ2v) is 10.3. The van der Waals surface area contributed by atoms with Gasteiger partial charge in [-0.3, -0.25) is 0 Å². The molecule has 4 rings (SSSR count). The van der Waals surface area contributed by atoms with Crippen LogP contribution in [0.15, 0.2) is 66.7 Å². The number of rotatable bonds is 8. The van der Waals surface area contributed by atoms with Gasteiger partial charge in [-0.25, -0.2) is 14.2 Å². The maximum atomic E-state index is 14.3. The SMILES string of the molecule is CC(C)(C)OC(=O)NCCOc1c(-c2ccc(Cl)c(Cl)c2)nc(OCc2ccccc2)c2cc(F)ccc12. The number of carbonyl (C=O) groups excluding carboxylic acids is 1. The molecule has 198 valence electrons. The van der Waals surface area contributed by atoms with Crippen LogP contribution in [0, 0.1) is 5.82 Å². The van der Waals surface area contributed by atoms with Crippen LogP contribution in [0.25, 0.3) is 22.0 Å². The number of halogens is 3. The standard InChI is InChI=1S/C29H27Cl2FN2O4/c1-29(2,3)38-28(35)33-13-14-36-26-21-11-10-20(32)16-22(21)27(37-17-18-7-5-4-6-8-18)34-25(26)19-9-12-23(30)24(31)15-19/h4-12,15-16H,13-14,17H2,1-3H3,(H,33,35). The highest BCUT2D eigenvalue weighted by atomic mass is 35.5. The van der Waals surface area contributed by atoms with Gasteiger partial charge in [0.2, 0.25) is 5.88 Å². The first-order valence-electron chi connectivity index (χ1n) is 12.0. The van der Waals surface area contributed by atoms with Gasteiger partial charge in [-0.05, 0) is 56.7 Å². The summed E-state index contributed by atoms with van der Waals surface area (Å²) in [6.45, 7) is 5.86. The fourth-order valence-electron chi connectivity index (χ4n) is 3.67. The van der Waals surface area contributed by atoms with Crippen LogP contribution in [0.2, 0.25) is 10.0 Å². The monoisotopic (exact) mass is 556 g/mol. The molecule has 0 spiro atoms. The van der Waals surface area contributed by atoms with Crippen LogP contribution >= 0.6 is 23.2 Å². The second-order valence-electron chi connectivity index (χ2n) is 9.46. The first kappa shape index (κ1) is 27.5. The van der Waals surface area contributed by atoms with E-state index >= 15 is 0 Å². The Morgan fingerprint density at radius 2 is 1.71 bits per heavy atom. The third-order valence-corrected chi connectivity index (χ3v) is 6.05.